The first kappa shape index (κ1) is 25.7. The number of nitrogens with zero attached hydrogens (tertiary/aromatic N) is 1. The first-order chi connectivity index (χ1) is 13.7. The third-order valence-corrected chi connectivity index (χ3v) is 4.36. The third kappa shape index (κ3) is 7.16. The van der Waals surface area contributed by atoms with Crippen LogP contribution in [0.15, 0.2) is 54.4 Å². The molecule has 161 valence electrons. The number of aliphatic hydroxyl groups excluding tert-OH is 1. The van der Waals surface area contributed by atoms with Gasteiger partial charge >= 0.3 is 0 Å². The van der Waals surface area contributed by atoms with Crippen LogP contribution in [0.3, 0.4) is 0 Å². The molecule has 0 bridgehead atoms. The second-order valence-corrected chi connectivity index (χ2v) is 7.43. The van der Waals surface area contributed by atoms with Crippen molar-refractivity contribution in [3.63, 3.8) is 0 Å². The summed E-state index contributed by atoms with van der Waals surface area (Å²) in [5.41, 5.74) is 5.87. The number of carbonyl (C=O) groups excluding carboxylic acids is 1. The molecule has 1 N–H and O–H groups in total. The molecule has 30 heavy (non-hydrogen) atoms. The van der Waals surface area contributed by atoms with Crippen molar-refractivity contribution in [2.75, 3.05) is 6.67 Å². The number of pyridine rings is 1. The summed E-state index contributed by atoms with van der Waals surface area (Å²) in [5.74, 6) is -0.323. The number of ketones is 1. The molecule has 5 heteroatoms. The molecular weight excluding hydrogens is 557 g/mol. The number of alkyl halides is 1. The zero-order valence-corrected chi connectivity index (χ0v) is 20.3. The van der Waals surface area contributed by atoms with Crippen molar-refractivity contribution >= 4 is 16.6 Å². The molecule has 1 radical (unpaired) electrons. The van der Waals surface area contributed by atoms with Gasteiger partial charge < -0.3 is 10.1 Å². The molecular formula is C25H27FIrNO2-. The Kier molecular flexibility index (Phi) is 10.0. The van der Waals surface area contributed by atoms with Gasteiger partial charge in [-0.05, 0) is 40.9 Å². The topological polar surface area (TPSA) is 50.2 Å². The minimum absolute atomic E-state index is 0. The van der Waals surface area contributed by atoms with Crippen LogP contribution in [0, 0.1) is 19.9 Å². The largest absolute Gasteiger partial charge is 0.512 e. The number of allylic oxidation sites excluding steroid dienone is 2. The molecule has 0 spiro atoms. The number of hydrogen-bond donors (Lipinski definition) is 1. The number of rotatable bonds is 4. The first-order valence-corrected chi connectivity index (χ1v) is 9.57. The van der Waals surface area contributed by atoms with Crippen LogP contribution in [-0.4, -0.2) is 22.5 Å². The Bertz CT molecular complexity index is 1020. The van der Waals surface area contributed by atoms with Crippen LogP contribution in [0.25, 0.3) is 22.0 Å². The molecule has 1 aromatic heterocycles. The molecule has 0 fully saturated rings. The Balaban J connectivity index is 0.000000431. The zero-order valence-electron chi connectivity index (χ0n) is 17.9. The molecule has 3 rings (SSSR count). The van der Waals surface area contributed by atoms with E-state index in [0.717, 1.165) is 22.9 Å². The Morgan fingerprint density at radius 2 is 1.90 bits per heavy atom. The second kappa shape index (κ2) is 11.7. The summed E-state index contributed by atoms with van der Waals surface area (Å²) in [7, 11) is 0. The number of aromatic nitrogens is 1. The van der Waals surface area contributed by atoms with Crippen LogP contribution in [0.2, 0.25) is 0 Å². The van der Waals surface area contributed by atoms with Crippen LogP contribution in [-0.2, 0) is 24.9 Å². The summed E-state index contributed by atoms with van der Waals surface area (Å²) >= 11 is 0. The molecule has 0 aliphatic carbocycles. The predicted molar refractivity (Wildman–Crippen MR) is 117 cm³/mol. The van der Waals surface area contributed by atoms with E-state index < -0.39 is 12.5 Å². The van der Waals surface area contributed by atoms with Gasteiger partial charge in [0, 0.05) is 32.4 Å². The number of halogens is 1. The van der Waals surface area contributed by atoms with E-state index >= 15 is 0 Å². The molecule has 0 aliphatic heterocycles. The summed E-state index contributed by atoms with van der Waals surface area (Å²) in [6.45, 7) is 8.91. The minimum atomic E-state index is -1.04. The van der Waals surface area contributed by atoms with E-state index in [9.17, 15) is 9.18 Å². The number of carbonyl (C=O) groups is 1. The maximum atomic E-state index is 11.2. The van der Waals surface area contributed by atoms with Crippen molar-refractivity contribution in [2.24, 2.45) is 0 Å². The summed E-state index contributed by atoms with van der Waals surface area (Å²) in [6, 6.07) is 16.5. The van der Waals surface area contributed by atoms with E-state index in [1.807, 2.05) is 6.20 Å². The van der Waals surface area contributed by atoms with Crippen LogP contribution < -0.4 is 0 Å². The molecule has 0 unspecified atom stereocenters. The minimum Gasteiger partial charge on any atom is -0.512 e. The van der Waals surface area contributed by atoms with Gasteiger partial charge in [0.25, 0.3) is 0 Å². The van der Waals surface area contributed by atoms with E-state index in [-0.39, 0.29) is 25.9 Å². The van der Waals surface area contributed by atoms with Crippen molar-refractivity contribution in [1.82, 2.24) is 4.98 Å². The van der Waals surface area contributed by atoms with E-state index in [1.165, 1.54) is 28.8 Å². The van der Waals surface area contributed by atoms with Gasteiger partial charge in [-0.3, -0.25) is 4.79 Å². The van der Waals surface area contributed by atoms with Gasteiger partial charge in [-0.15, -0.1) is 34.9 Å². The molecule has 0 saturated heterocycles. The molecule has 0 saturated carbocycles. The number of aliphatic hydroxyl groups is 1. The fourth-order valence-corrected chi connectivity index (χ4v) is 3.06. The van der Waals surface area contributed by atoms with E-state index in [4.69, 9.17) is 5.11 Å². The van der Waals surface area contributed by atoms with Gasteiger partial charge in [0.1, 0.15) is 0 Å². The van der Waals surface area contributed by atoms with Crippen LogP contribution in [0.5, 0.6) is 0 Å². The van der Waals surface area contributed by atoms with Crippen LogP contribution in [0.1, 0.15) is 43.4 Å². The van der Waals surface area contributed by atoms with Gasteiger partial charge in [0.2, 0.25) is 0 Å². The first-order valence-electron chi connectivity index (χ1n) is 9.57. The quantitative estimate of drug-likeness (QED) is 0.219. The molecule has 0 atom stereocenters. The molecule has 0 aliphatic rings. The maximum Gasteiger partial charge on any atom is 0.189 e. The van der Waals surface area contributed by atoms with Crippen molar-refractivity contribution in [2.45, 2.75) is 40.5 Å². The Morgan fingerprint density at radius 3 is 2.43 bits per heavy atom. The SMILES string of the molecule is C/C(O)=C/C(=O)CF.Cc1[c-]c(-c2nccc3cc(C(C)C)ccc23)cc(C)c1.[Ir]. The Morgan fingerprint density at radius 1 is 1.20 bits per heavy atom. The van der Waals surface area contributed by atoms with Gasteiger partial charge in [0.15, 0.2) is 12.5 Å². The number of hydrogen-bond acceptors (Lipinski definition) is 3. The molecule has 0 amide bonds. The molecule has 1 heterocycles. The van der Waals surface area contributed by atoms with Crippen molar-refractivity contribution in [3.05, 3.63) is 77.2 Å². The molecule has 2 aromatic carbocycles. The van der Waals surface area contributed by atoms with Gasteiger partial charge in [-0.25, -0.2) is 4.39 Å². The average Bonchev–Trinajstić information content (AvgIpc) is 2.66. The predicted octanol–water partition coefficient (Wildman–Crippen LogP) is 6.43. The number of benzene rings is 2. The smallest absolute Gasteiger partial charge is 0.189 e. The van der Waals surface area contributed by atoms with E-state index in [1.54, 1.807) is 0 Å². The van der Waals surface area contributed by atoms with Crippen LogP contribution >= 0.6 is 0 Å². The maximum absolute atomic E-state index is 11.2. The van der Waals surface area contributed by atoms with Crippen LogP contribution in [0.4, 0.5) is 4.39 Å². The van der Waals surface area contributed by atoms with Crippen molar-refractivity contribution in [1.29, 1.82) is 0 Å². The molecule has 3 aromatic rings. The van der Waals surface area contributed by atoms with Crippen molar-refractivity contribution in [3.8, 4) is 11.3 Å². The summed E-state index contributed by atoms with van der Waals surface area (Å²) in [4.78, 5) is 14.6. The van der Waals surface area contributed by atoms with E-state index in [2.05, 4.69) is 75.1 Å². The zero-order chi connectivity index (χ0) is 21.6. The standard InChI is InChI=1S/C20H20N.C5H7FO2.Ir/c1-13(2)16-5-6-19-17(12-16)7-8-21-20(19)18-10-14(3)9-15(4)11-18;1-4(7)2-5(8)3-6;/h5-10,12-13H,1-4H3;2,7H,3H2,1H3;/q-1;;/b;4-2-;. The second-order valence-electron chi connectivity index (χ2n) is 7.43. The average molecular weight is 585 g/mol. The molecule has 3 nitrogen and oxygen atoms in total. The Labute approximate surface area is 191 Å². The van der Waals surface area contributed by atoms with Gasteiger partial charge in [-0.2, -0.15) is 0 Å². The van der Waals surface area contributed by atoms with E-state index in [0.29, 0.717) is 5.92 Å². The fraction of sp³-hybridized carbons (Fsp3) is 0.280. The monoisotopic (exact) mass is 585 g/mol. The third-order valence-electron chi connectivity index (χ3n) is 4.36. The summed E-state index contributed by atoms with van der Waals surface area (Å²) in [6.07, 6.45) is 2.74. The normalized spacial score (nSPS) is 11.0. The Hall–Kier alpha value is -2.36. The van der Waals surface area contributed by atoms with Gasteiger partial charge in [0.05, 0.1) is 5.76 Å². The summed E-state index contributed by atoms with van der Waals surface area (Å²) in [5, 5.41) is 10.8. The van der Waals surface area contributed by atoms with Gasteiger partial charge in [-0.1, -0.05) is 45.9 Å². The number of fused-ring (bicyclic) bond motifs is 1. The summed E-state index contributed by atoms with van der Waals surface area (Å²) < 4.78 is 11.2. The number of aryl methyl sites for hydroxylation is 2. The fourth-order valence-electron chi connectivity index (χ4n) is 3.06. The van der Waals surface area contributed by atoms with Crippen molar-refractivity contribution < 1.29 is 34.4 Å².